The van der Waals surface area contributed by atoms with Crippen LogP contribution in [0.15, 0.2) is 38.6 Å². The van der Waals surface area contributed by atoms with Gasteiger partial charge < -0.3 is 4.90 Å². The largest absolute Gasteiger partial charge is 0.307 e. The van der Waals surface area contributed by atoms with Gasteiger partial charge in [-0.25, -0.2) is 0 Å². The topological polar surface area (TPSA) is 44.1 Å². The van der Waals surface area contributed by atoms with Crippen molar-refractivity contribution < 1.29 is 4.79 Å². The summed E-state index contributed by atoms with van der Waals surface area (Å²) in [4.78, 5) is 16.8. The molecule has 0 fully saturated rings. The van der Waals surface area contributed by atoms with Crippen LogP contribution in [0.4, 0.5) is 5.69 Å². The quantitative estimate of drug-likeness (QED) is 0.0837. The zero-order valence-electron chi connectivity index (χ0n) is 24.5. The number of unbranched alkanes of at least 4 members (excludes halogenated alkanes) is 12. The lowest BCUT2D eigenvalue weighted by molar-refractivity contribution is -0.113. The SMILES string of the molecule is CCCCCCCCCCC(CCCCCCCC)CN1C(=O)/C(=C(/C#N)c2ccc(Br)s2)c2ccc(Br)cc21. The third-order valence-corrected chi connectivity index (χ3v) is 10.2. The molecule has 0 aliphatic carbocycles. The number of nitrogens with zero attached hydrogens (tertiary/aromatic N) is 2. The van der Waals surface area contributed by atoms with E-state index in [4.69, 9.17) is 0 Å². The third kappa shape index (κ3) is 9.85. The Kier molecular flexibility index (Phi) is 15.0. The van der Waals surface area contributed by atoms with Gasteiger partial charge in [-0.2, -0.15) is 5.26 Å². The van der Waals surface area contributed by atoms with E-state index in [1.165, 1.54) is 108 Å². The molecule has 3 nitrogen and oxygen atoms in total. The number of halogens is 2. The molecule has 0 saturated carbocycles. The van der Waals surface area contributed by atoms with E-state index in [0.717, 1.165) is 37.4 Å². The van der Waals surface area contributed by atoms with Crippen LogP contribution in [0.1, 0.15) is 127 Å². The number of hydrogen-bond donors (Lipinski definition) is 0. The number of hydrogen-bond acceptors (Lipinski definition) is 3. The highest BCUT2D eigenvalue weighted by Gasteiger charge is 2.36. The molecule has 1 aliphatic rings. The Morgan fingerprint density at radius 3 is 1.95 bits per heavy atom. The van der Waals surface area contributed by atoms with Crippen LogP contribution < -0.4 is 4.90 Å². The lowest BCUT2D eigenvalue weighted by Gasteiger charge is -2.25. The first kappa shape index (κ1) is 33.1. The molecule has 0 spiro atoms. The average molecular weight is 691 g/mol. The van der Waals surface area contributed by atoms with Crippen LogP contribution in [0.2, 0.25) is 0 Å². The number of benzene rings is 1. The maximum absolute atomic E-state index is 14.0. The number of allylic oxidation sites excluding steroid dienone is 1. The molecule has 2 aromatic rings. The first-order chi connectivity index (χ1) is 19.5. The summed E-state index contributed by atoms with van der Waals surface area (Å²) in [6.07, 6.45) is 20.6. The van der Waals surface area contributed by atoms with Crippen molar-refractivity contribution in [2.24, 2.45) is 5.92 Å². The second-order valence-electron chi connectivity index (χ2n) is 11.2. The van der Waals surface area contributed by atoms with E-state index in [9.17, 15) is 10.1 Å². The summed E-state index contributed by atoms with van der Waals surface area (Å²) in [5.74, 6) is 0.445. The van der Waals surface area contributed by atoms with Gasteiger partial charge in [-0.15, -0.1) is 11.3 Å². The van der Waals surface area contributed by atoms with Crippen LogP contribution in [-0.4, -0.2) is 12.5 Å². The van der Waals surface area contributed by atoms with Crippen LogP contribution in [0, 0.1) is 17.2 Å². The van der Waals surface area contributed by atoms with E-state index < -0.39 is 0 Å². The van der Waals surface area contributed by atoms with Gasteiger partial charge >= 0.3 is 0 Å². The highest BCUT2D eigenvalue weighted by molar-refractivity contribution is 9.11. The molecule has 1 atom stereocenters. The Morgan fingerprint density at radius 2 is 1.43 bits per heavy atom. The van der Waals surface area contributed by atoms with Gasteiger partial charge in [-0.1, -0.05) is 126 Å². The van der Waals surface area contributed by atoms with E-state index in [2.05, 4.69) is 57.8 Å². The Balaban J connectivity index is 1.75. The summed E-state index contributed by atoms with van der Waals surface area (Å²) in [6, 6.07) is 12.3. The van der Waals surface area contributed by atoms with Crippen molar-refractivity contribution in [3.8, 4) is 6.07 Å². The lowest BCUT2D eigenvalue weighted by Crippen LogP contribution is -2.32. The minimum Gasteiger partial charge on any atom is -0.307 e. The molecule has 1 aromatic carbocycles. The lowest BCUT2D eigenvalue weighted by atomic mass is 9.93. The number of fused-ring (bicyclic) bond motifs is 1. The summed E-state index contributed by atoms with van der Waals surface area (Å²) in [6.45, 7) is 5.26. The minimum atomic E-state index is -0.0296. The molecule has 0 bridgehead atoms. The monoisotopic (exact) mass is 688 g/mol. The molecule has 0 saturated heterocycles. The van der Waals surface area contributed by atoms with Gasteiger partial charge in [0, 0.05) is 21.5 Å². The molecule has 40 heavy (non-hydrogen) atoms. The Morgan fingerprint density at radius 1 is 0.850 bits per heavy atom. The van der Waals surface area contributed by atoms with Crippen LogP contribution in [0.3, 0.4) is 0 Å². The summed E-state index contributed by atoms with van der Waals surface area (Å²) in [5, 5.41) is 10.2. The fourth-order valence-corrected chi connectivity index (χ4v) is 7.51. The van der Waals surface area contributed by atoms with Gasteiger partial charge in [0.1, 0.15) is 6.07 Å². The van der Waals surface area contributed by atoms with Crippen molar-refractivity contribution in [2.45, 2.75) is 117 Å². The zero-order chi connectivity index (χ0) is 28.7. The molecule has 3 rings (SSSR count). The number of nitriles is 1. The van der Waals surface area contributed by atoms with Gasteiger partial charge in [0.25, 0.3) is 5.91 Å². The molecular weight excluding hydrogens is 644 g/mol. The van der Waals surface area contributed by atoms with Crippen molar-refractivity contribution >= 4 is 65.9 Å². The number of amides is 1. The van der Waals surface area contributed by atoms with Crippen LogP contribution in [-0.2, 0) is 4.79 Å². The van der Waals surface area contributed by atoms with E-state index in [0.29, 0.717) is 17.1 Å². The highest BCUT2D eigenvalue weighted by atomic mass is 79.9. The van der Waals surface area contributed by atoms with Crippen LogP contribution >= 0.6 is 43.2 Å². The number of thiophene rings is 1. The van der Waals surface area contributed by atoms with Crippen molar-refractivity contribution in [1.82, 2.24) is 0 Å². The molecule has 1 amide bonds. The normalized spacial score (nSPS) is 14.9. The minimum absolute atomic E-state index is 0.0296. The number of carbonyl (C=O) groups is 1. The second-order valence-corrected chi connectivity index (χ2v) is 14.6. The number of rotatable bonds is 19. The fourth-order valence-electron chi connectivity index (χ4n) is 5.77. The Labute approximate surface area is 263 Å². The molecule has 2 heterocycles. The average Bonchev–Trinajstić information content (AvgIpc) is 3.48. The predicted octanol–water partition coefficient (Wildman–Crippen LogP) is 12.0. The van der Waals surface area contributed by atoms with Crippen molar-refractivity contribution in [2.75, 3.05) is 11.4 Å². The van der Waals surface area contributed by atoms with Gasteiger partial charge in [0.2, 0.25) is 0 Å². The standard InChI is InChI=1S/C34H46Br2N2OS/c1-3-5-7-9-11-12-14-16-18-26(17-15-13-10-8-6-4-2)25-38-30-23-27(35)19-20-28(30)33(34(38)39)29(24-37)31-21-22-32(36)40-31/h19-23,26H,3-18,25H2,1-2H3/b33-29-. The summed E-state index contributed by atoms with van der Waals surface area (Å²) < 4.78 is 1.91. The maximum Gasteiger partial charge on any atom is 0.260 e. The Bertz CT molecular complexity index is 1150. The van der Waals surface area contributed by atoms with Gasteiger partial charge in [-0.05, 0) is 59.0 Å². The van der Waals surface area contributed by atoms with Crippen LogP contribution in [0.5, 0.6) is 0 Å². The maximum atomic E-state index is 14.0. The summed E-state index contributed by atoms with van der Waals surface area (Å²) in [7, 11) is 0. The first-order valence-electron chi connectivity index (χ1n) is 15.5. The van der Waals surface area contributed by atoms with E-state index in [-0.39, 0.29) is 5.91 Å². The molecule has 1 aliphatic heterocycles. The van der Waals surface area contributed by atoms with Crippen molar-refractivity contribution in [1.29, 1.82) is 5.26 Å². The summed E-state index contributed by atoms with van der Waals surface area (Å²) >= 11 is 8.65. The number of anilines is 1. The van der Waals surface area contributed by atoms with Crippen molar-refractivity contribution in [3.63, 3.8) is 0 Å². The van der Waals surface area contributed by atoms with Gasteiger partial charge in [0.15, 0.2) is 0 Å². The van der Waals surface area contributed by atoms with Gasteiger partial charge in [0.05, 0.1) is 20.6 Å². The molecule has 0 N–H and O–H groups in total. The van der Waals surface area contributed by atoms with Crippen molar-refractivity contribution in [3.05, 3.63) is 49.0 Å². The van der Waals surface area contributed by atoms with E-state index >= 15 is 0 Å². The number of carbonyl (C=O) groups excluding carboxylic acids is 1. The van der Waals surface area contributed by atoms with Gasteiger partial charge in [-0.3, -0.25) is 4.79 Å². The predicted molar refractivity (Wildman–Crippen MR) is 180 cm³/mol. The molecule has 6 heteroatoms. The molecule has 218 valence electrons. The highest BCUT2D eigenvalue weighted by Crippen LogP contribution is 2.44. The van der Waals surface area contributed by atoms with E-state index in [1.54, 1.807) is 0 Å². The molecule has 1 unspecified atom stereocenters. The zero-order valence-corrected chi connectivity index (χ0v) is 28.4. The Hall–Kier alpha value is -1.42. The first-order valence-corrected chi connectivity index (χ1v) is 17.9. The smallest absolute Gasteiger partial charge is 0.260 e. The van der Waals surface area contributed by atoms with Crippen LogP contribution in [0.25, 0.3) is 11.1 Å². The summed E-state index contributed by atoms with van der Waals surface area (Å²) in [5.41, 5.74) is 2.83. The fraction of sp³-hybridized carbons (Fsp3) is 0.588. The third-order valence-electron chi connectivity index (χ3n) is 8.03. The van der Waals surface area contributed by atoms with E-state index in [1.807, 2.05) is 29.2 Å². The molecule has 0 radical (unpaired) electrons. The molecular formula is C34H46Br2N2OS. The molecule has 1 aromatic heterocycles. The second kappa shape index (κ2) is 18.2.